The van der Waals surface area contributed by atoms with Gasteiger partial charge < -0.3 is 24.8 Å². The molecular weight excluding hydrogens is 358 g/mol. The number of nitrogens with one attached hydrogen (secondary N) is 1. The van der Waals surface area contributed by atoms with Gasteiger partial charge in [0.25, 0.3) is 5.91 Å². The molecule has 4 rings (SSSR count). The number of carbonyl (C=O) groups is 1. The van der Waals surface area contributed by atoms with Crippen LogP contribution < -0.4 is 10.1 Å². The monoisotopic (exact) mass is 389 g/mol. The van der Waals surface area contributed by atoms with Crippen molar-refractivity contribution in [3.05, 3.63) is 23.9 Å². The standard InChI is InChI=1S/C21H31N3O4/c1-20(26)14-21(6-9-24(10-7-21)12-15-3-4-15)28-13-17(20)23-19(25)16-5-8-22-18(11-16)27-2/h5,8,11,15,17,26H,3-4,6-7,9-10,12-14H2,1-2H3,(H,23,25)/t17-,20-/m0/s1. The maximum absolute atomic E-state index is 12.6. The maximum Gasteiger partial charge on any atom is 0.251 e. The van der Waals surface area contributed by atoms with Crippen molar-refractivity contribution in [2.45, 2.75) is 56.3 Å². The molecule has 0 aromatic carbocycles. The lowest BCUT2D eigenvalue weighted by molar-refractivity contribution is -0.186. The lowest BCUT2D eigenvalue weighted by atomic mass is 9.75. The van der Waals surface area contributed by atoms with Gasteiger partial charge in [0.15, 0.2) is 0 Å². The van der Waals surface area contributed by atoms with E-state index in [9.17, 15) is 9.90 Å². The fraction of sp³-hybridized carbons (Fsp3) is 0.714. The molecule has 1 spiro atoms. The van der Waals surface area contributed by atoms with Crippen LogP contribution in [0.15, 0.2) is 18.3 Å². The number of piperidine rings is 1. The number of rotatable bonds is 5. The van der Waals surface area contributed by atoms with E-state index in [-0.39, 0.29) is 11.5 Å². The lowest BCUT2D eigenvalue weighted by Crippen LogP contribution is -2.64. The van der Waals surface area contributed by atoms with Crippen molar-refractivity contribution in [2.75, 3.05) is 33.4 Å². The first kappa shape index (κ1) is 19.6. The Morgan fingerprint density at radius 3 is 2.82 bits per heavy atom. The van der Waals surface area contributed by atoms with Crippen LogP contribution in [0, 0.1) is 5.92 Å². The molecule has 0 unspecified atom stereocenters. The highest BCUT2D eigenvalue weighted by atomic mass is 16.5. The van der Waals surface area contributed by atoms with Gasteiger partial charge in [0.2, 0.25) is 5.88 Å². The number of hydrogen-bond acceptors (Lipinski definition) is 6. The van der Waals surface area contributed by atoms with Crippen molar-refractivity contribution in [1.29, 1.82) is 0 Å². The van der Waals surface area contributed by atoms with E-state index in [0.29, 0.717) is 24.5 Å². The Morgan fingerprint density at radius 2 is 2.18 bits per heavy atom. The Morgan fingerprint density at radius 1 is 1.43 bits per heavy atom. The minimum absolute atomic E-state index is 0.259. The number of pyridine rings is 1. The van der Waals surface area contributed by atoms with Gasteiger partial charge in [-0.3, -0.25) is 4.79 Å². The number of aliphatic hydroxyl groups is 1. The van der Waals surface area contributed by atoms with Gasteiger partial charge in [-0.05, 0) is 44.6 Å². The van der Waals surface area contributed by atoms with E-state index < -0.39 is 11.6 Å². The molecule has 2 saturated heterocycles. The summed E-state index contributed by atoms with van der Waals surface area (Å²) in [7, 11) is 1.51. The second-order valence-electron chi connectivity index (χ2n) is 8.88. The van der Waals surface area contributed by atoms with Crippen LogP contribution in [0.1, 0.15) is 49.4 Å². The first-order valence-electron chi connectivity index (χ1n) is 10.3. The molecule has 0 radical (unpaired) electrons. The molecule has 28 heavy (non-hydrogen) atoms. The average molecular weight is 389 g/mol. The zero-order valence-electron chi connectivity index (χ0n) is 16.8. The molecule has 0 bridgehead atoms. The molecule has 3 heterocycles. The van der Waals surface area contributed by atoms with E-state index >= 15 is 0 Å². The minimum Gasteiger partial charge on any atom is -0.481 e. The van der Waals surface area contributed by atoms with Crippen molar-refractivity contribution in [2.24, 2.45) is 5.92 Å². The smallest absolute Gasteiger partial charge is 0.251 e. The van der Waals surface area contributed by atoms with Crippen molar-refractivity contribution < 1.29 is 19.4 Å². The highest BCUT2D eigenvalue weighted by molar-refractivity contribution is 5.94. The van der Waals surface area contributed by atoms with Crippen LogP contribution in [0.3, 0.4) is 0 Å². The number of nitrogens with zero attached hydrogens (tertiary/aromatic N) is 2. The third-order valence-corrected chi connectivity index (χ3v) is 6.48. The van der Waals surface area contributed by atoms with Crippen molar-refractivity contribution >= 4 is 5.91 Å². The van der Waals surface area contributed by atoms with E-state index in [0.717, 1.165) is 31.8 Å². The summed E-state index contributed by atoms with van der Waals surface area (Å²) >= 11 is 0. The van der Waals surface area contributed by atoms with Gasteiger partial charge in [0.1, 0.15) is 0 Å². The topological polar surface area (TPSA) is 83.9 Å². The van der Waals surface area contributed by atoms with E-state index in [1.165, 1.54) is 32.7 Å². The molecule has 7 heteroatoms. The van der Waals surface area contributed by atoms with Crippen molar-refractivity contribution in [3.8, 4) is 5.88 Å². The second kappa shape index (κ2) is 7.61. The van der Waals surface area contributed by atoms with Gasteiger partial charge in [-0.1, -0.05) is 0 Å². The zero-order valence-corrected chi connectivity index (χ0v) is 16.8. The third kappa shape index (κ3) is 4.31. The van der Waals surface area contributed by atoms with E-state index in [1.54, 1.807) is 12.1 Å². The number of ether oxygens (including phenoxy) is 2. The molecule has 3 fully saturated rings. The number of amides is 1. The number of carbonyl (C=O) groups excluding carboxylic acids is 1. The first-order valence-corrected chi connectivity index (χ1v) is 10.3. The highest BCUT2D eigenvalue weighted by Gasteiger charge is 2.49. The zero-order chi connectivity index (χ0) is 19.8. The van der Waals surface area contributed by atoms with E-state index in [4.69, 9.17) is 9.47 Å². The van der Waals surface area contributed by atoms with E-state index in [1.807, 2.05) is 6.92 Å². The summed E-state index contributed by atoms with van der Waals surface area (Å²) in [6, 6.07) is 2.77. The van der Waals surface area contributed by atoms with Crippen LogP contribution in [-0.4, -0.2) is 71.5 Å². The summed E-state index contributed by atoms with van der Waals surface area (Å²) < 4.78 is 11.3. The van der Waals surface area contributed by atoms with Crippen LogP contribution in [0.5, 0.6) is 5.88 Å². The summed E-state index contributed by atoms with van der Waals surface area (Å²) in [6.45, 7) is 5.40. The van der Waals surface area contributed by atoms with Crippen LogP contribution in [0.25, 0.3) is 0 Å². The maximum atomic E-state index is 12.6. The molecule has 1 saturated carbocycles. The lowest BCUT2D eigenvalue weighted by Gasteiger charge is -2.51. The molecule has 154 valence electrons. The van der Waals surface area contributed by atoms with Crippen molar-refractivity contribution in [3.63, 3.8) is 0 Å². The molecule has 2 N–H and O–H groups in total. The molecule has 1 aliphatic carbocycles. The molecule has 2 atom stereocenters. The predicted molar refractivity (Wildman–Crippen MR) is 104 cm³/mol. The minimum atomic E-state index is -1.01. The largest absolute Gasteiger partial charge is 0.481 e. The van der Waals surface area contributed by atoms with Crippen LogP contribution in [0.2, 0.25) is 0 Å². The van der Waals surface area contributed by atoms with Crippen molar-refractivity contribution in [1.82, 2.24) is 15.2 Å². The fourth-order valence-corrected chi connectivity index (χ4v) is 4.50. The Labute approximate surface area is 166 Å². The van der Waals surface area contributed by atoms with Crippen LogP contribution >= 0.6 is 0 Å². The third-order valence-electron chi connectivity index (χ3n) is 6.48. The molecule has 3 aliphatic rings. The van der Waals surface area contributed by atoms with Crippen LogP contribution in [-0.2, 0) is 4.74 Å². The second-order valence-corrected chi connectivity index (χ2v) is 8.88. The SMILES string of the molecule is COc1cc(C(=O)N[C@H]2COC3(CCN(CC4CC4)CC3)C[C@]2(C)O)ccn1. The highest BCUT2D eigenvalue weighted by Crippen LogP contribution is 2.40. The normalized spacial score (nSPS) is 30.2. The Bertz CT molecular complexity index is 711. The Balaban J connectivity index is 1.35. The van der Waals surface area contributed by atoms with Gasteiger partial charge in [-0.15, -0.1) is 0 Å². The summed E-state index contributed by atoms with van der Waals surface area (Å²) in [4.78, 5) is 19.2. The van der Waals surface area contributed by atoms with E-state index in [2.05, 4.69) is 15.2 Å². The van der Waals surface area contributed by atoms with Gasteiger partial charge >= 0.3 is 0 Å². The van der Waals surface area contributed by atoms with Gasteiger partial charge in [-0.2, -0.15) is 0 Å². The van der Waals surface area contributed by atoms with Gasteiger partial charge in [0.05, 0.1) is 31.0 Å². The quantitative estimate of drug-likeness (QED) is 0.796. The van der Waals surface area contributed by atoms with Gasteiger partial charge in [0, 0.05) is 43.9 Å². The van der Waals surface area contributed by atoms with Gasteiger partial charge in [-0.25, -0.2) is 4.98 Å². The Hall–Kier alpha value is -1.70. The molecule has 1 aromatic heterocycles. The molecule has 1 aromatic rings. The molecular formula is C21H31N3O4. The first-order chi connectivity index (χ1) is 13.4. The summed E-state index contributed by atoms with van der Waals surface area (Å²) in [5, 5.41) is 14.1. The number of aromatic nitrogens is 1. The summed E-state index contributed by atoms with van der Waals surface area (Å²) in [5.74, 6) is 1.02. The average Bonchev–Trinajstić information content (AvgIpc) is 3.50. The number of methoxy groups -OCH3 is 1. The molecule has 2 aliphatic heterocycles. The van der Waals surface area contributed by atoms with Crippen LogP contribution in [0.4, 0.5) is 0 Å². The number of hydrogen-bond donors (Lipinski definition) is 2. The summed E-state index contributed by atoms with van der Waals surface area (Å²) in [5.41, 5.74) is -0.828. The molecule has 1 amide bonds. The summed E-state index contributed by atoms with van der Waals surface area (Å²) in [6.07, 6.45) is 6.71. The number of likely N-dealkylation sites (tertiary alicyclic amines) is 1. The fourth-order valence-electron chi connectivity index (χ4n) is 4.50. The Kier molecular flexibility index (Phi) is 5.33. The molecule has 7 nitrogen and oxygen atoms in total. The predicted octanol–water partition coefficient (Wildman–Crippen LogP) is 1.60.